The van der Waals surface area contributed by atoms with E-state index in [1.165, 1.54) is 5.56 Å². The number of benzene rings is 1. The van der Waals surface area contributed by atoms with Crippen LogP contribution in [0.1, 0.15) is 39.2 Å². The van der Waals surface area contributed by atoms with Gasteiger partial charge in [0.1, 0.15) is 5.60 Å². The lowest BCUT2D eigenvalue weighted by Crippen LogP contribution is -2.45. The van der Waals surface area contributed by atoms with Crippen LogP contribution in [0.5, 0.6) is 0 Å². The van der Waals surface area contributed by atoms with Gasteiger partial charge in [-0.05, 0) is 39.2 Å². The number of aliphatic imine (C=N–C) groups is 1. The van der Waals surface area contributed by atoms with E-state index in [4.69, 9.17) is 4.74 Å². The summed E-state index contributed by atoms with van der Waals surface area (Å²) in [6, 6.07) is 10.5. The van der Waals surface area contributed by atoms with Gasteiger partial charge < -0.3 is 20.3 Å². The lowest BCUT2D eigenvalue weighted by Gasteiger charge is -2.27. The third-order valence-electron chi connectivity index (χ3n) is 3.79. The highest BCUT2D eigenvalue weighted by atomic mass is 16.6. The van der Waals surface area contributed by atoms with E-state index in [1.54, 1.807) is 7.05 Å². The van der Waals surface area contributed by atoms with Crippen molar-refractivity contribution in [3.05, 3.63) is 35.9 Å². The van der Waals surface area contributed by atoms with Gasteiger partial charge in [0.2, 0.25) is 0 Å². The van der Waals surface area contributed by atoms with Crippen LogP contribution in [0.25, 0.3) is 0 Å². The lowest BCUT2D eigenvalue weighted by atomic mass is 10.2. The average Bonchev–Trinajstić information content (AvgIpc) is 3.38. The second-order valence-electron chi connectivity index (χ2n) is 7.24. The number of hydrogen-bond acceptors (Lipinski definition) is 3. The third kappa shape index (κ3) is 7.03. The van der Waals surface area contributed by atoms with Gasteiger partial charge >= 0.3 is 6.09 Å². The zero-order valence-electron chi connectivity index (χ0n) is 15.7. The highest BCUT2D eigenvalue weighted by molar-refractivity contribution is 5.79. The van der Waals surface area contributed by atoms with E-state index in [1.807, 2.05) is 43.9 Å². The van der Waals surface area contributed by atoms with Gasteiger partial charge in [-0.2, -0.15) is 0 Å². The average molecular weight is 346 g/mol. The van der Waals surface area contributed by atoms with Crippen molar-refractivity contribution >= 4 is 12.1 Å². The first-order valence-electron chi connectivity index (χ1n) is 8.87. The minimum absolute atomic E-state index is 0.232. The Bertz CT molecular complexity index is 577. The van der Waals surface area contributed by atoms with Crippen molar-refractivity contribution in [2.24, 2.45) is 4.99 Å². The Labute approximate surface area is 150 Å². The molecule has 1 fully saturated rings. The fourth-order valence-electron chi connectivity index (χ4n) is 2.43. The minimum Gasteiger partial charge on any atom is -0.444 e. The largest absolute Gasteiger partial charge is 0.444 e. The predicted molar refractivity (Wildman–Crippen MR) is 101 cm³/mol. The van der Waals surface area contributed by atoms with Crippen molar-refractivity contribution in [3.8, 4) is 0 Å². The van der Waals surface area contributed by atoms with E-state index in [-0.39, 0.29) is 6.09 Å². The third-order valence-corrected chi connectivity index (χ3v) is 3.79. The summed E-state index contributed by atoms with van der Waals surface area (Å²) < 4.78 is 5.50. The molecule has 6 nitrogen and oxygen atoms in total. The zero-order chi connectivity index (χ0) is 18.3. The molecule has 0 saturated heterocycles. The summed E-state index contributed by atoms with van der Waals surface area (Å²) in [4.78, 5) is 18.4. The summed E-state index contributed by atoms with van der Waals surface area (Å²) in [6.07, 6.45) is 1.88. The molecule has 0 atom stereocenters. The summed E-state index contributed by atoms with van der Waals surface area (Å²) in [7, 11) is 1.74. The number of nitrogens with zero attached hydrogens (tertiary/aromatic N) is 2. The zero-order valence-corrected chi connectivity index (χ0v) is 15.7. The molecule has 1 saturated carbocycles. The van der Waals surface area contributed by atoms with Gasteiger partial charge in [0.15, 0.2) is 5.96 Å². The van der Waals surface area contributed by atoms with E-state index < -0.39 is 5.60 Å². The summed E-state index contributed by atoms with van der Waals surface area (Å²) in [5.74, 6) is 0.726. The number of nitrogens with one attached hydrogen (secondary N) is 2. The Balaban J connectivity index is 1.77. The number of hydrogen-bond donors (Lipinski definition) is 2. The van der Waals surface area contributed by atoms with Gasteiger partial charge in [0, 0.05) is 32.7 Å². The van der Waals surface area contributed by atoms with Crippen LogP contribution < -0.4 is 10.6 Å². The number of amides is 1. The molecule has 1 aromatic rings. The Morgan fingerprint density at radius 3 is 2.48 bits per heavy atom. The summed E-state index contributed by atoms with van der Waals surface area (Å²) >= 11 is 0. The number of rotatable bonds is 6. The standard InChI is InChI=1S/C19H30N4O2/c1-19(2,3)25-18(24)23(16-10-11-16)13-12-21-17(20-4)22-14-15-8-6-5-7-9-15/h5-9,16H,10-14H2,1-4H3,(H2,20,21,22). The molecule has 0 radical (unpaired) electrons. The molecule has 0 heterocycles. The van der Waals surface area contributed by atoms with E-state index >= 15 is 0 Å². The van der Waals surface area contributed by atoms with Crippen LogP contribution in [0.3, 0.4) is 0 Å². The number of ether oxygens (including phenoxy) is 1. The topological polar surface area (TPSA) is 66.0 Å². The fraction of sp³-hybridized carbons (Fsp3) is 0.579. The maximum Gasteiger partial charge on any atom is 0.410 e. The predicted octanol–water partition coefficient (Wildman–Crippen LogP) is 2.75. The molecular formula is C19H30N4O2. The molecule has 1 aliphatic carbocycles. The van der Waals surface area contributed by atoms with Gasteiger partial charge in [0.05, 0.1) is 0 Å². The number of carbonyl (C=O) groups excluding carboxylic acids is 1. The van der Waals surface area contributed by atoms with Gasteiger partial charge in [-0.25, -0.2) is 4.79 Å². The van der Waals surface area contributed by atoms with Crippen LogP contribution in [0.2, 0.25) is 0 Å². The van der Waals surface area contributed by atoms with Crippen LogP contribution in [-0.2, 0) is 11.3 Å². The van der Waals surface area contributed by atoms with Crippen LogP contribution >= 0.6 is 0 Å². The van der Waals surface area contributed by atoms with E-state index in [0.29, 0.717) is 25.7 Å². The molecule has 0 aromatic heterocycles. The SMILES string of the molecule is CN=C(NCCN(C(=O)OC(C)(C)C)C1CC1)NCc1ccccc1. The molecule has 1 aliphatic rings. The maximum absolute atomic E-state index is 12.3. The quantitative estimate of drug-likeness (QED) is 0.614. The molecule has 6 heteroatoms. The van der Waals surface area contributed by atoms with E-state index in [9.17, 15) is 4.79 Å². The Kier molecular flexibility index (Phi) is 6.67. The van der Waals surface area contributed by atoms with Crippen LogP contribution in [-0.4, -0.2) is 48.7 Å². The lowest BCUT2D eigenvalue weighted by molar-refractivity contribution is 0.0238. The second-order valence-corrected chi connectivity index (χ2v) is 7.24. The molecule has 1 amide bonds. The molecule has 138 valence electrons. The minimum atomic E-state index is -0.467. The first kappa shape index (κ1) is 19.1. The molecule has 25 heavy (non-hydrogen) atoms. The van der Waals surface area contributed by atoms with Crippen molar-refractivity contribution in [3.63, 3.8) is 0 Å². The number of carbonyl (C=O) groups is 1. The summed E-state index contributed by atoms with van der Waals surface area (Å²) in [5.41, 5.74) is 0.726. The summed E-state index contributed by atoms with van der Waals surface area (Å²) in [6.45, 7) is 7.62. The molecule has 0 unspecified atom stereocenters. The molecular weight excluding hydrogens is 316 g/mol. The fourth-order valence-corrected chi connectivity index (χ4v) is 2.43. The normalized spacial score (nSPS) is 14.8. The first-order chi connectivity index (χ1) is 11.9. The molecule has 0 bridgehead atoms. The van der Waals surface area contributed by atoms with Crippen LogP contribution in [0, 0.1) is 0 Å². The van der Waals surface area contributed by atoms with Crippen molar-refractivity contribution in [2.45, 2.75) is 51.8 Å². The Hall–Kier alpha value is -2.24. The molecule has 1 aromatic carbocycles. The van der Waals surface area contributed by atoms with Crippen molar-refractivity contribution in [1.29, 1.82) is 0 Å². The van der Waals surface area contributed by atoms with Gasteiger partial charge in [-0.15, -0.1) is 0 Å². The van der Waals surface area contributed by atoms with Gasteiger partial charge in [-0.3, -0.25) is 4.99 Å². The first-order valence-corrected chi connectivity index (χ1v) is 8.87. The molecule has 0 spiro atoms. The van der Waals surface area contributed by atoms with Crippen molar-refractivity contribution in [2.75, 3.05) is 20.1 Å². The monoisotopic (exact) mass is 346 g/mol. The smallest absolute Gasteiger partial charge is 0.410 e. The maximum atomic E-state index is 12.3. The van der Waals surface area contributed by atoms with E-state index in [0.717, 1.165) is 18.8 Å². The van der Waals surface area contributed by atoms with Gasteiger partial charge in [-0.1, -0.05) is 30.3 Å². The molecule has 2 rings (SSSR count). The molecule has 0 aliphatic heterocycles. The Morgan fingerprint density at radius 2 is 1.92 bits per heavy atom. The van der Waals surface area contributed by atoms with E-state index in [2.05, 4.69) is 27.8 Å². The Morgan fingerprint density at radius 1 is 1.24 bits per heavy atom. The summed E-state index contributed by atoms with van der Waals surface area (Å²) in [5, 5.41) is 6.54. The highest BCUT2D eigenvalue weighted by Gasteiger charge is 2.34. The van der Waals surface area contributed by atoms with Crippen LogP contribution in [0.4, 0.5) is 4.79 Å². The molecule has 2 N–H and O–H groups in total. The van der Waals surface area contributed by atoms with Crippen LogP contribution in [0.15, 0.2) is 35.3 Å². The number of guanidine groups is 1. The van der Waals surface area contributed by atoms with Crippen molar-refractivity contribution in [1.82, 2.24) is 15.5 Å². The second kappa shape index (κ2) is 8.74. The van der Waals surface area contributed by atoms with Crippen molar-refractivity contribution < 1.29 is 9.53 Å². The highest BCUT2D eigenvalue weighted by Crippen LogP contribution is 2.27. The van der Waals surface area contributed by atoms with Gasteiger partial charge in [0.25, 0.3) is 0 Å².